The number of ether oxygens (including phenoxy) is 4. The number of piperidine rings is 1. The monoisotopic (exact) mass is 1380 g/mol. The Balaban J connectivity index is 0.568. The van der Waals surface area contributed by atoms with Crippen LogP contribution in [-0.4, -0.2) is 190 Å². The first-order valence-corrected chi connectivity index (χ1v) is 35.6. The molecular weight excluding hydrogens is 1290 g/mol. The van der Waals surface area contributed by atoms with Gasteiger partial charge in [0.05, 0.1) is 47.4 Å². The van der Waals surface area contributed by atoms with E-state index in [-0.39, 0.29) is 92.5 Å². The molecule has 6 aromatic rings. The smallest absolute Gasteiger partial charge is 0.319 e. The van der Waals surface area contributed by atoms with E-state index >= 15 is 0 Å². The Morgan fingerprint density at radius 3 is 2.27 bits per heavy atom. The Labute approximate surface area is 589 Å². The second kappa shape index (κ2) is 32.1. The Kier molecular flexibility index (Phi) is 22.7. The summed E-state index contributed by atoms with van der Waals surface area (Å²) in [4.78, 5) is 82.1. The molecule has 2 saturated carbocycles. The Bertz CT molecular complexity index is 3890. The van der Waals surface area contributed by atoms with Crippen LogP contribution in [0.15, 0.2) is 108 Å². The lowest BCUT2D eigenvalue weighted by Crippen LogP contribution is -2.55. The minimum absolute atomic E-state index is 0.0111. The first kappa shape index (κ1) is 71.4. The molecule has 2 aliphatic carbocycles. The van der Waals surface area contributed by atoms with Crippen molar-refractivity contribution >= 4 is 52.5 Å². The van der Waals surface area contributed by atoms with Crippen molar-refractivity contribution in [2.75, 3.05) is 87.4 Å². The zero-order chi connectivity index (χ0) is 70.9. The number of piperazine rings is 1. The zero-order valence-corrected chi connectivity index (χ0v) is 58.2. The average molecular weight is 1380 g/mol. The fourth-order valence-electron chi connectivity index (χ4n) is 14.9. The van der Waals surface area contributed by atoms with E-state index in [0.29, 0.717) is 72.6 Å². The van der Waals surface area contributed by atoms with E-state index in [1.54, 1.807) is 42.5 Å². The van der Waals surface area contributed by atoms with Crippen LogP contribution < -0.4 is 45.7 Å². The van der Waals surface area contributed by atoms with Crippen LogP contribution in [0.3, 0.4) is 0 Å². The van der Waals surface area contributed by atoms with E-state index in [0.717, 1.165) is 106 Å². The van der Waals surface area contributed by atoms with Crippen LogP contribution in [0.2, 0.25) is 0 Å². The number of unbranched alkanes of at least 4 members (excludes halogenated alkanes) is 1. The lowest BCUT2D eigenvalue weighted by atomic mass is 9.68. The molecule has 6 fully saturated rings. The number of nitrogens with two attached hydrogens (primary N) is 1. The van der Waals surface area contributed by atoms with Crippen molar-refractivity contribution in [2.45, 2.75) is 171 Å². The third-order valence-electron chi connectivity index (χ3n) is 20.9. The number of pyridine rings is 1. The van der Waals surface area contributed by atoms with Crippen LogP contribution in [0.25, 0.3) is 11.3 Å². The molecule has 3 aromatic heterocycles. The normalized spacial score (nSPS) is 22.0. The molecule has 0 spiro atoms. The molecule has 4 saturated heterocycles. The molecule has 12 rings (SSSR count). The fraction of sp³-hybridized carbons (Fsp3) is 0.520. The second-order valence-corrected chi connectivity index (χ2v) is 28.6. The number of nitrogens with zero attached hydrogens (tertiary/aromatic N) is 10. The maximum absolute atomic E-state index is 14.2. The summed E-state index contributed by atoms with van der Waals surface area (Å²) in [6.07, 6.45) is 9.83. The lowest BCUT2D eigenvalue weighted by molar-refractivity contribution is -0.162. The van der Waals surface area contributed by atoms with Gasteiger partial charge in [-0.2, -0.15) is 5.26 Å². The Morgan fingerprint density at radius 1 is 0.832 bits per heavy atom. The summed E-state index contributed by atoms with van der Waals surface area (Å²) < 4.78 is 31.3. The molecule has 101 heavy (non-hydrogen) atoms. The van der Waals surface area contributed by atoms with Gasteiger partial charge in [-0.1, -0.05) is 56.7 Å². The van der Waals surface area contributed by atoms with Crippen molar-refractivity contribution in [1.82, 2.24) is 45.7 Å². The number of aliphatic carboxylic acids is 1. The first-order valence-electron chi connectivity index (χ1n) is 35.6. The number of aromatic nitrogens is 4. The SMILES string of the molecule is CC(C)[C@@H](C(=O)N1C[C@H](O)C[C@H]1C(=O)N[C@@H](C)c1ccc(C#N)cc1)c1cc(OCCN2CCC(OC3CC(Oc4cc(N5[C@@H]6CC[C@@H]5CN(c5cc(-c7ccccc7OCc7ccc(NC(=O)[C@H](CCCCN(C)C)NC(=O)C8(C(=O)O)CCC8)cc7)nnc5N)C6)ccn4)C3)CC2)no1. The van der Waals surface area contributed by atoms with Gasteiger partial charge >= 0.3 is 5.97 Å². The molecule has 7 heterocycles. The maximum Gasteiger partial charge on any atom is 0.319 e. The molecule has 26 nitrogen and oxygen atoms in total. The van der Waals surface area contributed by atoms with Gasteiger partial charge in [-0.15, -0.1) is 10.2 Å². The highest BCUT2D eigenvalue weighted by atomic mass is 16.5. The van der Waals surface area contributed by atoms with E-state index in [1.807, 2.05) is 83.5 Å². The van der Waals surface area contributed by atoms with Gasteiger partial charge in [0.1, 0.15) is 48.5 Å². The molecule has 4 aliphatic heterocycles. The summed E-state index contributed by atoms with van der Waals surface area (Å²) in [6.45, 7) is 11.0. The van der Waals surface area contributed by atoms with Crippen LogP contribution in [0.1, 0.15) is 139 Å². The van der Waals surface area contributed by atoms with E-state index in [2.05, 4.69) is 74.1 Å². The van der Waals surface area contributed by atoms with Crippen LogP contribution >= 0.6 is 0 Å². The third kappa shape index (κ3) is 17.0. The third-order valence-corrected chi connectivity index (χ3v) is 20.9. The molecular formula is C75H94N14O12. The second-order valence-electron chi connectivity index (χ2n) is 28.6. The van der Waals surface area contributed by atoms with Gasteiger partial charge < -0.3 is 75.0 Å². The molecule has 2 bridgehead atoms. The number of nitrogen functional groups attached to an aromatic ring is 1. The molecule has 7 N–H and O–H groups in total. The van der Waals surface area contributed by atoms with Gasteiger partial charge in [0.25, 0.3) is 5.88 Å². The largest absolute Gasteiger partial charge is 0.488 e. The summed E-state index contributed by atoms with van der Waals surface area (Å²) in [7, 11) is 3.95. The molecule has 0 radical (unpaired) electrons. The number of benzene rings is 3. The standard InChI is InChI=1S/C75H94N14O12/c1-46(2)68(72(93)88-44-55(90)36-63(88)71(92)79-47(3)50-18-14-48(41-76)15-19-50)65-40-67(84-101-65)97-34-33-86-31-25-56(26-32-86)99-57-37-58(38-57)100-66-35-52(24-29-78-66)89-53-22-23-54(89)43-87(42-53)62-39-61(82-83-69(62)77)59-11-6-7-13-64(59)98-45-49-16-20-51(21-17-49)80-70(91)60(12-8-9-30-85(4)5)81-73(94)75(74(95)96)27-10-28-75/h6-7,11,13-21,24,29,35,39-40,46-47,53-58,60,63,68,90H,8-10,12,22-23,25-28,30-34,36-38,42-45H2,1-5H3,(H2,77,83)(H,79,92)(H,80,91)(H,81,94)(H,95,96)/t47-,53+,54+,55+,57?,58?,60-,63-,68+/m0/s1. The van der Waals surface area contributed by atoms with Crippen molar-refractivity contribution in [1.29, 1.82) is 5.26 Å². The number of nitrogens with one attached hydrogen (secondary N) is 3. The van der Waals surface area contributed by atoms with Gasteiger partial charge in [-0.25, -0.2) is 4.98 Å². The average Bonchev–Trinajstić information content (AvgIpc) is 1.42. The van der Waals surface area contributed by atoms with Gasteiger partial charge in [-0.3, -0.25) is 28.9 Å². The summed E-state index contributed by atoms with van der Waals surface area (Å²) >= 11 is 0. The molecule has 6 aliphatic rings. The Hall–Kier alpha value is -9.42. The summed E-state index contributed by atoms with van der Waals surface area (Å²) in [5.74, 6) is -1.64. The maximum atomic E-state index is 14.2. The summed E-state index contributed by atoms with van der Waals surface area (Å²) in [6, 6.07) is 30.1. The molecule has 7 atom stereocenters. The zero-order valence-electron chi connectivity index (χ0n) is 58.2. The van der Waals surface area contributed by atoms with Gasteiger partial charge in [0.2, 0.25) is 29.5 Å². The molecule has 3 aromatic carbocycles. The highest BCUT2D eigenvalue weighted by molar-refractivity contribution is 6.05. The number of anilines is 4. The van der Waals surface area contributed by atoms with Gasteiger partial charge in [-0.05, 0) is 156 Å². The number of β-amino-alcohol motifs (C(OH)–C–C–N with tert-alkyl or cyclic N) is 1. The number of amides is 4. The number of hydrogen-bond donors (Lipinski definition) is 6. The highest BCUT2D eigenvalue weighted by Gasteiger charge is 2.52. The first-order chi connectivity index (χ1) is 48.8. The Morgan fingerprint density at radius 2 is 1.57 bits per heavy atom. The lowest BCUT2D eigenvalue weighted by Gasteiger charge is -2.43. The van der Waals surface area contributed by atoms with Crippen molar-refractivity contribution in [3.63, 3.8) is 0 Å². The number of carbonyl (C=O) groups is 5. The van der Waals surface area contributed by atoms with E-state index in [4.69, 9.17) is 29.2 Å². The predicted octanol–water partition coefficient (Wildman–Crippen LogP) is 7.88. The minimum atomic E-state index is -1.49. The molecule has 536 valence electrons. The number of aliphatic hydroxyl groups excluding tert-OH is 1. The number of carboxylic acid groups (broad SMARTS) is 1. The van der Waals surface area contributed by atoms with E-state index in [9.17, 15) is 39.4 Å². The van der Waals surface area contributed by atoms with E-state index in [1.165, 1.54) is 4.90 Å². The van der Waals surface area contributed by atoms with Crippen LogP contribution in [0.5, 0.6) is 17.5 Å². The summed E-state index contributed by atoms with van der Waals surface area (Å²) in [5, 5.41) is 51.6. The number of likely N-dealkylation sites (tertiary alicyclic amines) is 2. The van der Waals surface area contributed by atoms with Gasteiger partial charge in [0.15, 0.2) is 11.6 Å². The predicted molar refractivity (Wildman–Crippen MR) is 377 cm³/mol. The van der Waals surface area contributed by atoms with Crippen LogP contribution in [-0.2, 0) is 35.3 Å². The van der Waals surface area contributed by atoms with Crippen LogP contribution in [0, 0.1) is 22.7 Å². The van der Waals surface area contributed by atoms with Crippen LogP contribution in [0.4, 0.5) is 22.9 Å². The van der Waals surface area contributed by atoms with Crippen molar-refractivity contribution in [3.05, 3.63) is 126 Å². The topological polar surface area (TPSA) is 330 Å². The van der Waals surface area contributed by atoms with Crippen molar-refractivity contribution in [3.8, 4) is 34.8 Å². The number of rotatable bonds is 30. The molecule has 4 amide bonds. The number of hydrogen-bond acceptors (Lipinski definition) is 21. The number of fused-ring (bicyclic) bond motifs is 2. The van der Waals surface area contributed by atoms with Crippen molar-refractivity contribution < 1.29 is 57.7 Å². The highest BCUT2D eigenvalue weighted by Crippen LogP contribution is 2.43. The molecule has 26 heteroatoms. The number of nitriles is 1. The van der Waals surface area contributed by atoms with Gasteiger partial charge in [0, 0.05) is 106 Å². The number of para-hydroxylation sites is 1. The minimum Gasteiger partial charge on any atom is -0.488 e. The van der Waals surface area contributed by atoms with E-state index < -0.39 is 47.3 Å². The fourth-order valence-corrected chi connectivity index (χ4v) is 14.9. The number of aliphatic hydroxyl groups is 1. The number of carboxylic acids is 1. The number of carbonyl (C=O) groups excluding carboxylic acids is 4. The summed E-state index contributed by atoms with van der Waals surface area (Å²) in [5.41, 5.74) is 11.2. The molecule has 0 unspecified atom stereocenters. The van der Waals surface area contributed by atoms with Crippen molar-refractivity contribution in [2.24, 2.45) is 11.3 Å². The quantitative estimate of drug-likeness (QED) is 0.0184.